The highest BCUT2D eigenvalue weighted by molar-refractivity contribution is 5.85. The van der Waals surface area contributed by atoms with E-state index < -0.39 is 0 Å². The summed E-state index contributed by atoms with van der Waals surface area (Å²) < 4.78 is 0. The molecule has 0 bridgehead atoms. The molecule has 1 unspecified atom stereocenters. The van der Waals surface area contributed by atoms with Crippen LogP contribution in [0.1, 0.15) is 17.5 Å². The highest BCUT2D eigenvalue weighted by Crippen LogP contribution is 2.14. The van der Waals surface area contributed by atoms with Crippen LogP contribution in [0.25, 0.3) is 0 Å². The lowest BCUT2D eigenvalue weighted by atomic mass is 10.1. The third-order valence-corrected chi connectivity index (χ3v) is 2.96. The molecule has 1 atom stereocenters. The molecule has 2 nitrogen and oxygen atoms in total. The monoisotopic (exact) mass is 262 g/mol. The van der Waals surface area contributed by atoms with E-state index in [2.05, 4.69) is 36.1 Å². The van der Waals surface area contributed by atoms with Gasteiger partial charge in [-0.25, -0.2) is 0 Å². The molecule has 0 saturated carbocycles. The second-order valence-electron chi connectivity index (χ2n) is 4.21. The van der Waals surface area contributed by atoms with Gasteiger partial charge in [-0.15, -0.1) is 24.8 Å². The SMILES string of the molecule is Cc1ccccc1CN1CCC(N)C1.Cl.Cl. The molecule has 0 amide bonds. The fourth-order valence-corrected chi connectivity index (χ4v) is 2.03. The molecule has 92 valence electrons. The first-order chi connectivity index (χ1) is 6.75. The Kier molecular flexibility index (Phi) is 7.00. The first-order valence-corrected chi connectivity index (χ1v) is 5.28. The van der Waals surface area contributed by atoms with Crippen LogP contribution in [-0.2, 0) is 6.54 Å². The number of rotatable bonds is 2. The zero-order valence-electron chi connectivity index (χ0n) is 9.56. The summed E-state index contributed by atoms with van der Waals surface area (Å²) in [6, 6.07) is 8.97. The third kappa shape index (κ3) is 3.95. The Morgan fingerprint density at radius 2 is 2.00 bits per heavy atom. The summed E-state index contributed by atoms with van der Waals surface area (Å²) in [7, 11) is 0. The molecule has 16 heavy (non-hydrogen) atoms. The van der Waals surface area contributed by atoms with E-state index in [0.29, 0.717) is 6.04 Å². The minimum Gasteiger partial charge on any atom is -0.326 e. The Morgan fingerprint density at radius 3 is 2.56 bits per heavy atom. The number of nitrogens with zero attached hydrogens (tertiary/aromatic N) is 1. The summed E-state index contributed by atoms with van der Waals surface area (Å²) in [4.78, 5) is 2.44. The van der Waals surface area contributed by atoms with Gasteiger partial charge in [0.25, 0.3) is 0 Å². The second-order valence-corrected chi connectivity index (χ2v) is 4.21. The van der Waals surface area contributed by atoms with Gasteiger partial charge in [0.05, 0.1) is 0 Å². The summed E-state index contributed by atoms with van der Waals surface area (Å²) in [6.07, 6.45) is 1.14. The lowest BCUT2D eigenvalue weighted by molar-refractivity contribution is 0.326. The topological polar surface area (TPSA) is 29.3 Å². The number of nitrogens with two attached hydrogens (primary N) is 1. The molecule has 1 saturated heterocycles. The van der Waals surface area contributed by atoms with Crippen LogP contribution in [0.15, 0.2) is 24.3 Å². The molecular weight excluding hydrogens is 243 g/mol. The lowest BCUT2D eigenvalue weighted by Gasteiger charge is -2.16. The summed E-state index contributed by atoms with van der Waals surface area (Å²) in [5, 5.41) is 0. The predicted octanol–water partition coefficient (Wildman–Crippen LogP) is 2.37. The summed E-state index contributed by atoms with van der Waals surface area (Å²) in [6.45, 7) is 5.43. The molecule has 1 aromatic rings. The zero-order chi connectivity index (χ0) is 9.97. The van der Waals surface area contributed by atoms with Crippen molar-refractivity contribution in [3.05, 3.63) is 35.4 Å². The van der Waals surface area contributed by atoms with Crippen molar-refractivity contribution in [2.75, 3.05) is 13.1 Å². The van der Waals surface area contributed by atoms with E-state index in [1.807, 2.05) is 0 Å². The Balaban J connectivity index is 0.00000112. The van der Waals surface area contributed by atoms with Crippen LogP contribution in [0.2, 0.25) is 0 Å². The maximum Gasteiger partial charge on any atom is 0.0237 e. The fourth-order valence-electron chi connectivity index (χ4n) is 2.03. The van der Waals surface area contributed by atoms with E-state index in [-0.39, 0.29) is 24.8 Å². The molecule has 1 aliphatic heterocycles. The van der Waals surface area contributed by atoms with Crippen molar-refractivity contribution < 1.29 is 0 Å². The van der Waals surface area contributed by atoms with Gasteiger partial charge in [0.15, 0.2) is 0 Å². The maximum absolute atomic E-state index is 5.88. The number of aryl methyl sites for hydroxylation is 1. The fraction of sp³-hybridized carbons (Fsp3) is 0.500. The van der Waals surface area contributed by atoms with Crippen LogP contribution < -0.4 is 5.73 Å². The smallest absolute Gasteiger partial charge is 0.0237 e. The quantitative estimate of drug-likeness (QED) is 0.887. The zero-order valence-corrected chi connectivity index (χ0v) is 11.2. The molecule has 0 aliphatic carbocycles. The van der Waals surface area contributed by atoms with Crippen LogP contribution in [0.4, 0.5) is 0 Å². The number of halogens is 2. The Morgan fingerprint density at radius 1 is 1.31 bits per heavy atom. The second kappa shape index (κ2) is 7.13. The van der Waals surface area contributed by atoms with Crippen LogP contribution in [0.5, 0.6) is 0 Å². The molecule has 1 heterocycles. The standard InChI is InChI=1S/C12H18N2.2ClH/c1-10-4-2-3-5-11(10)8-14-7-6-12(13)9-14;;/h2-5,12H,6-9,13H2,1H3;2*1H. The van der Waals surface area contributed by atoms with E-state index in [0.717, 1.165) is 26.1 Å². The molecular formula is C12H20Cl2N2. The Labute approximate surface area is 110 Å². The first kappa shape index (κ1) is 15.7. The Bertz CT molecular complexity index is 318. The van der Waals surface area contributed by atoms with Crippen molar-refractivity contribution >= 4 is 24.8 Å². The van der Waals surface area contributed by atoms with E-state index >= 15 is 0 Å². The highest BCUT2D eigenvalue weighted by Gasteiger charge is 2.18. The van der Waals surface area contributed by atoms with Crippen LogP contribution in [0, 0.1) is 6.92 Å². The van der Waals surface area contributed by atoms with Gasteiger partial charge >= 0.3 is 0 Å². The van der Waals surface area contributed by atoms with Crippen molar-refractivity contribution in [1.82, 2.24) is 4.90 Å². The number of hydrogen-bond acceptors (Lipinski definition) is 2. The highest BCUT2D eigenvalue weighted by atomic mass is 35.5. The van der Waals surface area contributed by atoms with Crippen LogP contribution in [-0.4, -0.2) is 24.0 Å². The summed E-state index contributed by atoms with van der Waals surface area (Å²) in [5.74, 6) is 0. The van der Waals surface area contributed by atoms with Crippen molar-refractivity contribution in [2.45, 2.75) is 25.9 Å². The molecule has 2 rings (SSSR count). The average Bonchev–Trinajstić information content (AvgIpc) is 2.56. The minimum absolute atomic E-state index is 0. The van der Waals surface area contributed by atoms with Crippen molar-refractivity contribution in [3.63, 3.8) is 0 Å². The van der Waals surface area contributed by atoms with Crippen molar-refractivity contribution in [2.24, 2.45) is 5.73 Å². The van der Waals surface area contributed by atoms with Gasteiger partial charge in [0, 0.05) is 25.7 Å². The molecule has 0 aromatic heterocycles. The van der Waals surface area contributed by atoms with Gasteiger partial charge in [0.2, 0.25) is 0 Å². The molecule has 0 spiro atoms. The lowest BCUT2D eigenvalue weighted by Crippen LogP contribution is -2.26. The van der Waals surface area contributed by atoms with Crippen LogP contribution in [0.3, 0.4) is 0 Å². The predicted molar refractivity (Wildman–Crippen MR) is 73.5 cm³/mol. The van der Waals surface area contributed by atoms with E-state index in [9.17, 15) is 0 Å². The van der Waals surface area contributed by atoms with Gasteiger partial charge in [-0.2, -0.15) is 0 Å². The third-order valence-electron chi connectivity index (χ3n) is 2.96. The van der Waals surface area contributed by atoms with Gasteiger partial charge in [-0.3, -0.25) is 4.90 Å². The first-order valence-electron chi connectivity index (χ1n) is 5.28. The van der Waals surface area contributed by atoms with Gasteiger partial charge < -0.3 is 5.73 Å². The van der Waals surface area contributed by atoms with Crippen molar-refractivity contribution in [1.29, 1.82) is 0 Å². The van der Waals surface area contributed by atoms with Gasteiger partial charge in [-0.1, -0.05) is 24.3 Å². The van der Waals surface area contributed by atoms with Crippen LogP contribution >= 0.6 is 24.8 Å². The number of likely N-dealkylation sites (tertiary alicyclic amines) is 1. The van der Waals surface area contributed by atoms with E-state index in [1.54, 1.807) is 0 Å². The molecule has 1 aliphatic rings. The van der Waals surface area contributed by atoms with Gasteiger partial charge in [0.1, 0.15) is 0 Å². The number of hydrogen-bond donors (Lipinski definition) is 1. The maximum atomic E-state index is 5.88. The largest absolute Gasteiger partial charge is 0.326 e. The summed E-state index contributed by atoms with van der Waals surface area (Å²) >= 11 is 0. The number of benzene rings is 1. The van der Waals surface area contributed by atoms with E-state index in [4.69, 9.17) is 5.73 Å². The van der Waals surface area contributed by atoms with Gasteiger partial charge in [-0.05, 0) is 24.5 Å². The Hall–Kier alpha value is -0.280. The van der Waals surface area contributed by atoms with Crippen molar-refractivity contribution in [3.8, 4) is 0 Å². The molecule has 0 radical (unpaired) electrons. The molecule has 1 fully saturated rings. The van der Waals surface area contributed by atoms with E-state index in [1.165, 1.54) is 11.1 Å². The molecule has 4 heteroatoms. The minimum atomic E-state index is 0. The average molecular weight is 263 g/mol. The summed E-state index contributed by atoms with van der Waals surface area (Å²) in [5.41, 5.74) is 8.69. The molecule has 2 N–H and O–H groups in total. The normalized spacial score (nSPS) is 20.0. The molecule has 1 aromatic carbocycles.